The molecule has 2 unspecified atom stereocenters. The SMILES string of the molecule is CCN1CCCC1CN(C)CC1CCNc2ccccc21. The van der Waals surface area contributed by atoms with Gasteiger partial charge in [0.15, 0.2) is 0 Å². The van der Waals surface area contributed by atoms with Crippen LogP contribution >= 0.6 is 0 Å². The number of likely N-dealkylation sites (N-methyl/N-ethyl adjacent to an activating group) is 2. The minimum atomic E-state index is 0.684. The first kappa shape index (κ1) is 14.9. The van der Waals surface area contributed by atoms with Crippen molar-refractivity contribution in [3.63, 3.8) is 0 Å². The first-order valence-electron chi connectivity index (χ1n) is 8.53. The van der Waals surface area contributed by atoms with Crippen molar-refractivity contribution in [1.82, 2.24) is 9.80 Å². The highest BCUT2D eigenvalue weighted by molar-refractivity contribution is 5.54. The molecule has 116 valence electrons. The van der Waals surface area contributed by atoms with E-state index < -0.39 is 0 Å². The molecule has 21 heavy (non-hydrogen) atoms. The number of nitrogens with one attached hydrogen (secondary N) is 1. The fraction of sp³-hybridized carbons (Fsp3) is 0.667. The highest BCUT2D eigenvalue weighted by Gasteiger charge is 2.26. The van der Waals surface area contributed by atoms with Crippen molar-refractivity contribution in [3.8, 4) is 0 Å². The summed E-state index contributed by atoms with van der Waals surface area (Å²) in [6, 6.07) is 9.60. The number of nitrogens with zero attached hydrogens (tertiary/aromatic N) is 2. The molecule has 2 aliphatic heterocycles. The van der Waals surface area contributed by atoms with Crippen molar-refractivity contribution >= 4 is 5.69 Å². The van der Waals surface area contributed by atoms with E-state index in [2.05, 4.69) is 53.4 Å². The second-order valence-corrected chi connectivity index (χ2v) is 6.65. The number of hydrogen-bond donors (Lipinski definition) is 1. The first-order valence-corrected chi connectivity index (χ1v) is 8.53. The van der Waals surface area contributed by atoms with E-state index in [0.29, 0.717) is 5.92 Å². The normalized spacial score (nSPS) is 25.9. The van der Waals surface area contributed by atoms with Crippen molar-refractivity contribution in [3.05, 3.63) is 29.8 Å². The van der Waals surface area contributed by atoms with Crippen LogP contribution in [0.5, 0.6) is 0 Å². The second-order valence-electron chi connectivity index (χ2n) is 6.65. The van der Waals surface area contributed by atoms with Crippen molar-refractivity contribution in [2.24, 2.45) is 0 Å². The number of para-hydroxylation sites is 1. The molecule has 3 rings (SSSR count). The predicted octanol–water partition coefficient (Wildman–Crippen LogP) is 3.00. The van der Waals surface area contributed by atoms with Crippen molar-refractivity contribution in [1.29, 1.82) is 0 Å². The van der Waals surface area contributed by atoms with Crippen LogP contribution in [0.2, 0.25) is 0 Å². The first-order chi connectivity index (χ1) is 10.3. The van der Waals surface area contributed by atoms with Crippen LogP contribution in [0, 0.1) is 0 Å². The summed E-state index contributed by atoms with van der Waals surface area (Å²) in [5, 5.41) is 3.53. The van der Waals surface area contributed by atoms with Gasteiger partial charge in [0.25, 0.3) is 0 Å². The molecule has 3 nitrogen and oxygen atoms in total. The highest BCUT2D eigenvalue weighted by Crippen LogP contribution is 2.31. The van der Waals surface area contributed by atoms with Crippen LogP contribution in [0.1, 0.15) is 37.7 Å². The molecule has 0 radical (unpaired) electrons. The van der Waals surface area contributed by atoms with Crippen LogP contribution in [-0.4, -0.2) is 55.6 Å². The topological polar surface area (TPSA) is 18.5 Å². The fourth-order valence-electron chi connectivity index (χ4n) is 4.07. The van der Waals surface area contributed by atoms with Gasteiger partial charge in [-0.1, -0.05) is 25.1 Å². The number of rotatable bonds is 5. The van der Waals surface area contributed by atoms with E-state index in [1.165, 1.54) is 56.7 Å². The maximum atomic E-state index is 3.53. The van der Waals surface area contributed by atoms with Gasteiger partial charge in [-0.2, -0.15) is 0 Å². The van der Waals surface area contributed by atoms with Gasteiger partial charge < -0.3 is 10.2 Å². The Morgan fingerprint density at radius 1 is 1.24 bits per heavy atom. The molecule has 3 heteroatoms. The number of fused-ring (bicyclic) bond motifs is 1. The van der Waals surface area contributed by atoms with Crippen LogP contribution in [0.4, 0.5) is 5.69 Å². The third kappa shape index (κ3) is 3.41. The molecular formula is C18H29N3. The summed E-state index contributed by atoms with van der Waals surface area (Å²) in [5.74, 6) is 0.684. The molecule has 0 saturated carbocycles. The Kier molecular flexibility index (Phi) is 4.81. The summed E-state index contributed by atoms with van der Waals surface area (Å²) >= 11 is 0. The molecule has 1 aromatic carbocycles. The van der Waals surface area contributed by atoms with Crippen LogP contribution in [-0.2, 0) is 0 Å². The van der Waals surface area contributed by atoms with Crippen LogP contribution in [0.3, 0.4) is 0 Å². The number of anilines is 1. The minimum Gasteiger partial charge on any atom is -0.385 e. The summed E-state index contributed by atoms with van der Waals surface area (Å²) < 4.78 is 0. The summed E-state index contributed by atoms with van der Waals surface area (Å²) in [6.45, 7) is 8.31. The quantitative estimate of drug-likeness (QED) is 0.898. The second kappa shape index (κ2) is 6.80. The van der Waals surface area contributed by atoms with Crippen molar-refractivity contribution in [2.75, 3.05) is 45.1 Å². The van der Waals surface area contributed by atoms with Gasteiger partial charge in [-0.3, -0.25) is 4.90 Å². The van der Waals surface area contributed by atoms with Crippen molar-refractivity contribution < 1.29 is 0 Å². The molecule has 1 N–H and O–H groups in total. The Labute approximate surface area is 129 Å². The Balaban J connectivity index is 1.59. The third-order valence-corrected chi connectivity index (χ3v) is 5.17. The maximum absolute atomic E-state index is 3.53. The van der Waals surface area contributed by atoms with Gasteiger partial charge in [0.2, 0.25) is 0 Å². The Morgan fingerprint density at radius 3 is 2.95 bits per heavy atom. The molecule has 1 saturated heterocycles. The molecular weight excluding hydrogens is 258 g/mol. The average molecular weight is 287 g/mol. The molecule has 0 aromatic heterocycles. The van der Waals surface area contributed by atoms with Gasteiger partial charge in [-0.25, -0.2) is 0 Å². The fourth-order valence-corrected chi connectivity index (χ4v) is 4.07. The lowest BCUT2D eigenvalue weighted by Gasteiger charge is -2.33. The van der Waals surface area contributed by atoms with Gasteiger partial charge in [-0.05, 0) is 51.0 Å². The molecule has 0 aliphatic carbocycles. The van der Waals surface area contributed by atoms with E-state index in [-0.39, 0.29) is 0 Å². The van der Waals surface area contributed by atoms with Crippen molar-refractivity contribution in [2.45, 2.75) is 38.1 Å². The number of benzene rings is 1. The highest BCUT2D eigenvalue weighted by atomic mass is 15.2. The van der Waals surface area contributed by atoms with E-state index in [0.717, 1.165) is 12.6 Å². The third-order valence-electron chi connectivity index (χ3n) is 5.17. The molecule has 0 spiro atoms. The number of likely N-dealkylation sites (tertiary alicyclic amines) is 1. The molecule has 2 heterocycles. The predicted molar refractivity (Wildman–Crippen MR) is 90.1 cm³/mol. The Bertz CT molecular complexity index is 460. The van der Waals surface area contributed by atoms with E-state index in [9.17, 15) is 0 Å². The lowest BCUT2D eigenvalue weighted by molar-refractivity contribution is 0.191. The molecule has 0 bridgehead atoms. The lowest BCUT2D eigenvalue weighted by Crippen LogP contribution is -2.40. The van der Waals surface area contributed by atoms with Gasteiger partial charge in [0, 0.05) is 37.3 Å². The van der Waals surface area contributed by atoms with E-state index in [4.69, 9.17) is 0 Å². The van der Waals surface area contributed by atoms with Crippen LogP contribution in [0.15, 0.2) is 24.3 Å². The molecule has 2 atom stereocenters. The van der Waals surface area contributed by atoms with E-state index >= 15 is 0 Å². The smallest absolute Gasteiger partial charge is 0.0376 e. The minimum absolute atomic E-state index is 0.684. The van der Waals surface area contributed by atoms with E-state index in [1.54, 1.807) is 0 Å². The zero-order valence-corrected chi connectivity index (χ0v) is 13.5. The van der Waals surface area contributed by atoms with Gasteiger partial charge >= 0.3 is 0 Å². The summed E-state index contributed by atoms with van der Waals surface area (Å²) in [5.41, 5.74) is 2.85. The zero-order valence-electron chi connectivity index (χ0n) is 13.5. The monoisotopic (exact) mass is 287 g/mol. The summed E-state index contributed by atoms with van der Waals surface area (Å²) in [6.07, 6.45) is 4.01. The van der Waals surface area contributed by atoms with Gasteiger partial charge in [0.1, 0.15) is 0 Å². The Hall–Kier alpha value is -1.06. The zero-order chi connectivity index (χ0) is 14.7. The molecule has 0 amide bonds. The molecule has 1 aromatic rings. The van der Waals surface area contributed by atoms with E-state index in [1.807, 2.05) is 0 Å². The van der Waals surface area contributed by atoms with Crippen LogP contribution in [0.25, 0.3) is 0 Å². The van der Waals surface area contributed by atoms with Gasteiger partial charge in [0.05, 0.1) is 0 Å². The summed E-state index contributed by atoms with van der Waals surface area (Å²) in [4.78, 5) is 5.21. The maximum Gasteiger partial charge on any atom is 0.0376 e. The molecule has 1 fully saturated rings. The molecule has 2 aliphatic rings. The number of hydrogen-bond acceptors (Lipinski definition) is 3. The van der Waals surface area contributed by atoms with Gasteiger partial charge in [-0.15, -0.1) is 0 Å². The average Bonchev–Trinajstić information content (AvgIpc) is 2.94. The largest absolute Gasteiger partial charge is 0.385 e. The Morgan fingerprint density at radius 2 is 2.10 bits per heavy atom. The lowest BCUT2D eigenvalue weighted by atomic mass is 9.90. The summed E-state index contributed by atoms with van der Waals surface area (Å²) in [7, 11) is 2.30. The van der Waals surface area contributed by atoms with Crippen LogP contribution < -0.4 is 5.32 Å². The standard InChI is InChI=1S/C18H29N3/c1-3-21-12-6-7-16(21)14-20(2)13-15-10-11-19-18-9-5-4-8-17(15)18/h4-5,8-9,15-16,19H,3,6-7,10-14H2,1-2H3.